The van der Waals surface area contributed by atoms with Gasteiger partial charge in [-0.15, -0.1) is 0 Å². The van der Waals surface area contributed by atoms with Crippen molar-refractivity contribution in [3.8, 4) is 0 Å². The lowest BCUT2D eigenvalue weighted by atomic mass is 10.0. The average Bonchev–Trinajstić information content (AvgIpc) is 3.24. The van der Waals surface area contributed by atoms with Gasteiger partial charge in [0.2, 0.25) is 5.91 Å². The van der Waals surface area contributed by atoms with Crippen LogP contribution in [0.2, 0.25) is 0 Å². The number of hydrogen-bond donors (Lipinski definition) is 4. The predicted octanol–water partition coefficient (Wildman–Crippen LogP) is 1.41. The fraction of sp³-hybridized carbons (Fsp3) is 0.440. The number of rotatable bonds is 6. The first kappa shape index (κ1) is 23.8. The van der Waals surface area contributed by atoms with E-state index in [1.807, 2.05) is 49.2 Å². The molecule has 3 aliphatic rings. The van der Waals surface area contributed by atoms with Gasteiger partial charge in [-0.3, -0.25) is 9.59 Å². The van der Waals surface area contributed by atoms with Crippen LogP contribution in [0.3, 0.4) is 0 Å². The molecule has 1 aromatic rings. The van der Waals surface area contributed by atoms with Gasteiger partial charge in [-0.25, -0.2) is 10.9 Å². The van der Waals surface area contributed by atoms with E-state index >= 15 is 0 Å². The molecule has 0 aromatic heterocycles. The van der Waals surface area contributed by atoms with Crippen LogP contribution in [0.25, 0.3) is 0 Å². The van der Waals surface area contributed by atoms with Crippen LogP contribution in [0, 0.1) is 6.92 Å². The predicted molar refractivity (Wildman–Crippen MR) is 135 cm³/mol. The Bertz CT molecular complexity index is 1030. The highest BCUT2D eigenvalue weighted by Crippen LogP contribution is 2.41. The lowest BCUT2D eigenvalue weighted by molar-refractivity contribution is -0.130. The van der Waals surface area contributed by atoms with Crippen molar-refractivity contribution in [1.29, 1.82) is 0 Å². The number of allylic oxidation sites excluding steroid dienone is 1. The van der Waals surface area contributed by atoms with Crippen molar-refractivity contribution in [2.24, 2.45) is 5.84 Å². The Hall–Kier alpha value is -3.30. The molecule has 0 aliphatic carbocycles. The molecule has 0 bridgehead atoms. The average molecular weight is 466 g/mol. The molecule has 1 aromatic carbocycles. The summed E-state index contributed by atoms with van der Waals surface area (Å²) < 4.78 is 0. The number of fused-ring (bicyclic) bond motifs is 1. The zero-order valence-electron chi connectivity index (χ0n) is 20.2. The number of amides is 2. The minimum atomic E-state index is -0.548. The number of hydrogen-bond acceptors (Lipinski definition) is 7. The first-order chi connectivity index (χ1) is 16.4. The summed E-state index contributed by atoms with van der Waals surface area (Å²) >= 11 is 0. The molecule has 5 N–H and O–H groups in total. The van der Waals surface area contributed by atoms with Gasteiger partial charge in [0, 0.05) is 43.5 Å². The van der Waals surface area contributed by atoms with Gasteiger partial charge in [0.15, 0.2) is 6.29 Å². The molecule has 3 heterocycles. The molecule has 2 atom stereocenters. The summed E-state index contributed by atoms with van der Waals surface area (Å²) in [7, 11) is 1.85. The number of anilines is 2. The number of carbonyl (C=O) groups is 2. The summed E-state index contributed by atoms with van der Waals surface area (Å²) in [6.07, 6.45) is 8.39. The number of benzene rings is 1. The first-order valence-electron chi connectivity index (χ1n) is 11.9. The Morgan fingerprint density at radius 3 is 2.91 bits per heavy atom. The Balaban J connectivity index is 1.60. The number of dihydropyridines is 1. The fourth-order valence-corrected chi connectivity index (χ4v) is 4.87. The van der Waals surface area contributed by atoms with Crippen molar-refractivity contribution in [3.63, 3.8) is 0 Å². The topological polar surface area (TPSA) is 106 Å². The van der Waals surface area contributed by atoms with E-state index in [9.17, 15) is 9.59 Å². The Kier molecular flexibility index (Phi) is 7.23. The number of nitrogens with two attached hydrogens (primary N) is 1. The number of likely N-dealkylation sites (N-methyl/N-ethyl adjacent to an activating group) is 1. The summed E-state index contributed by atoms with van der Waals surface area (Å²) in [6.45, 7) is 6.53. The minimum Gasteiger partial charge on any atom is -0.385 e. The number of piperidine rings is 1. The first-order valence-corrected chi connectivity index (χ1v) is 11.9. The maximum atomic E-state index is 13.3. The van der Waals surface area contributed by atoms with Crippen molar-refractivity contribution < 1.29 is 9.59 Å². The second kappa shape index (κ2) is 10.3. The fourth-order valence-electron chi connectivity index (χ4n) is 4.87. The van der Waals surface area contributed by atoms with Crippen LogP contribution < -0.4 is 26.7 Å². The highest BCUT2D eigenvalue weighted by molar-refractivity contribution is 5.97. The molecule has 182 valence electrons. The van der Waals surface area contributed by atoms with Crippen LogP contribution in [0.5, 0.6) is 0 Å². The lowest BCUT2D eigenvalue weighted by Gasteiger charge is -2.43. The minimum absolute atomic E-state index is 0.00909. The standard InChI is InChI=1S/C25H35N7O2/c1-17-7-4-9-21-23(17)31(20-8-6-14-30(16-20)22(33)10-5-12-27-3)25(29-21)32(26)24(34)19-11-13-28-18(2)15-19/h4-5,7,9-11,15,20,25,27-29H,6,8,12-14,16,26H2,1-3H3/b10-5+/t20-,25?/m1/s1. The van der Waals surface area contributed by atoms with Crippen molar-refractivity contribution in [3.05, 3.63) is 59.3 Å². The molecule has 0 spiro atoms. The Morgan fingerprint density at radius 1 is 1.32 bits per heavy atom. The van der Waals surface area contributed by atoms with Crippen LogP contribution >= 0.6 is 0 Å². The van der Waals surface area contributed by atoms with E-state index in [-0.39, 0.29) is 17.9 Å². The number of nitrogens with zero attached hydrogens (tertiary/aromatic N) is 3. The highest BCUT2D eigenvalue weighted by atomic mass is 16.2. The SMILES string of the molecule is CNC/C=C/C(=O)N1CCC[C@@H](N2c3c(C)cccc3NC2N(N)C(=O)C2=CCNC(C)=C2)C1. The van der Waals surface area contributed by atoms with Gasteiger partial charge in [0.25, 0.3) is 5.91 Å². The van der Waals surface area contributed by atoms with Crippen LogP contribution in [-0.4, -0.2) is 67.3 Å². The molecule has 3 aliphatic heterocycles. The number of para-hydroxylation sites is 1. The van der Waals surface area contributed by atoms with Gasteiger partial charge in [0.05, 0.1) is 17.4 Å². The monoisotopic (exact) mass is 465 g/mol. The molecule has 4 rings (SSSR count). The largest absolute Gasteiger partial charge is 0.385 e. The van der Waals surface area contributed by atoms with E-state index in [2.05, 4.69) is 33.8 Å². The van der Waals surface area contributed by atoms with Crippen LogP contribution in [-0.2, 0) is 9.59 Å². The molecule has 0 saturated carbocycles. The van der Waals surface area contributed by atoms with E-state index in [1.54, 1.807) is 6.08 Å². The summed E-state index contributed by atoms with van der Waals surface area (Å²) in [6, 6.07) is 6.09. The second-order valence-corrected chi connectivity index (χ2v) is 9.02. The quantitative estimate of drug-likeness (QED) is 0.218. The highest BCUT2D eigenvalue weighted by Gasteiger charge is 2.41. The van der Waals surface area contributed by atoms with Gasteiger partial charge in [0.1, 0.15) is 0 Å². The van der Waals surface area contributed by atoms with Gasteiger partial charge >= 0.3 is 0 Å². The molecule has 0 radical (unpaired) electrons. The molecular formula is C25H35N7O2. The van der Waals surface area contributed by atoms with Crippen molar-refractivity contribution in [2.45, 2.75) is 39.0 Å². The van der Waals surface area contributed by atoms with E-state index in [0.29, 0.717) is 25.2 Å². The van der Waals surface area contributed by atoms with Crippen molar-refractivity contribution >= 4 is 23.2 Å². The van der Waals surface area contributed by atoms with Gasteiger partial charge in [-0.1, -0.05) is 24.3 Å². The van der Waals surface area contributed by atoms with Gasteiger partial charge < -0.3 is 25.8 Å². The molecule has 9 nitrogen and oxygen atoms in total. The second-order valence-electron chi connectivity index (χ2n) is 9.02. The number of hydrazine groups is 1. The Labute approximate surface area is 201 Å². The molecular weight excluding hydrogens is 430 g/mol. The molecule has 34 heavy (non-hydrogen) atoms. The van der Waals surface area contributed by atoms with E-state index in [4.69, 9.17) is 5.84 Å². The maximum absolute atomic E-state index is 13.3. The van der Waals surface area contributed by atoms with E-state index < -0.39 is 6.29 Å². The number of aryl methyl sites for hydroxylation is 1. The van der Waals surface area contributed by atoms with E-state index in [0.717, 1.165) is 42.0 Å². The summed E-state index contributed by atoms with van der Waals surface area (Å²) in [5, 5.41) is 11.0. The number of nitrogens with one attached hydrogen (secondary N) is 3. The van der Waals surface area contributed by atoms with Crippen LogP contribution in [0.15, 0.2) is 53.8 Å². The summed E-state index contributed by atoms with van der Waals surface area (Å²) in [5.74, 6) is 6.26. The van der Waals surface area contributed by atoms with Gasteiger partial charge in [-0.05, 0) is 51.4 Å². The summed E-state index contributed by atoms with van der Waals surface area (Å²) in [4.78, 5) is 30.2. The zero-order chi connectivity index (χ0) is 24.2. The zero-order valence-corrected chi connectivity index (χ0v) is 20.2. The molecule has 9 heteroatoms. The van der Waals surface area contributed by atoms with Gasteiger partial charge in [-0.2, -0.15) is 0 Å². The number of likely N-dealkylation sites (tertiary alicyclic amines) is 1. The maximum Gasteiger partial charge on any atom is 0.270 e. The molecule has 1 saturated heterocycles. The third-order valence-electron chi connectivity index (χ3n) is 6.55. The van der Waals surface area contributed by atoms with Crippen LogP contribution in [0.4, 0.5) is 11.4 Å². The third kappa shape index (κ3) is 4.80. The van der Waals surface area contributed by atoms with Crippen LogP contribution in [0.1, 0.15) is 25.3 Å². The molecule has 1 fully saturated rings. The summed E-state index contributed by atoms with van der Waals surface area (Å²) in [5.41, 5.74) is 4.58. The molecule has 2 amide bonds. The third-order valence-corrected chi connectivity index (χ3v) is 6.55. The van der Waals surface area contributed by atoms with Crippen molar-refractivity contribution in [2.75, 3.05) is 43.4 Å². The van der Waals surface area contributed by atoms with E-state index in [1.165, 1.54) is 5.01 Å². The van der Waals surface area contributed by atoms with Crippen molar-refractivity contribution in [1.82, 2.24) is 20.5 Å². The smallest absolute Gasteiger partial charge is 0.270 e. The lowest BCUT2D eigenvalue weighted by Crippen LogP contribution is -2.61. The number of carbonyl (C=O) groups excluding carboxylic acids is 2. The normalized spacial score (nSPS) is 22.0. The molecule has 1 unspecified atom stereocenters. The Morgan fingerprint density at radius 2 is 2.15 bits per heavy atom.